The average molecular weight is 272 g/mol. The molecule has 2 aliphatic rings. The summed E-state index contributed by atoms with van der Waals surface area (Å²) in [4.78, 5) is 37.1. The predicted octanol–water partition coefficient (Wildman–Crippen LogP) is 0.721. The van der Waals surface area contributed by atoms with Crippen LogP contribution in [-0.4, -0.2) is 28.2 Å². The van der Waals surface area contributed by atoms with Crippen molar-refractivity contribution >= 4 is 17.7 Å². The fourth-order valence-corrected chi connectivity index (χ4v) is 3.41. The Morgan fingerprint density at radius 2 is 1.70 bits per heavy atom. The molecule has 0 aromatic heterocycles. The van der Waals surface area contributed by atoms with Crippen molar-refractivity contribution in [1.29, 1.82) is 0 Å². The van der Waals surface area contributed by atoms with Crippen molar-refractivity contribution in [2.45, 2.75) is 37.1 Å². The van der Waals surface area contributed by atoms with Gasteiger partial charge in [-0.05, 0) is 12.0 Å². The Morgan fingerprint density at radius 1 is 1.15 bits per heavy atom. The van der Waals surface area contributed by atoms with Gasteiger partial charge in [0, 0.05) is 18.3 Å². The lowest BCUT2D eigenvalue weighted by molar-refractivity contribution is -0.148. The Hall–Kier alpha value is -2.17. The number of nitrogens with zero attached hydrogens (tertiary/aromatic N) is 1. The van der Waals surface area contributed by atoms with Gasteiger partial charge >= 0.3 is 0 Å². The highest BCUT2D eigenvalue weighted by molar-refractivity contribution is 6.09. The predicted molar refractivity (Wildman–Crippen MR) is 71.4 cm³/mol. The number of imide groups is 1. The Bertz CT molecular complexity index is 597. The summed E-state index contributed by atoms with van der Waals surface area (Å²) in [5.74, 6) is -1.20. The van der Waals surface area contributed by atoms with Crippen molar-refractivity contribution in [2.75, 3.05) is 0 Å². The van der Waals surface area contributed by atoms with Gasteiger partial charge in [-0.2, -0.15) is 0 Å². The molecule has 0 unspecified atom stereocenters. The quantitative estimate of drug-likeness (QED) is 0.823. The molecule has 1 aromatic carbocycles. The average Bonchev–Trinajstić information content (AvgIpc) is 2.93. The van der Waals surface area contributed by atoms with E-state index in [2.05, 4.69) is 0 Å². The van der Waals surface area contributed by atoms with Gasteiger partial charge in [0.15, 0.2) is 0 Å². The van der Waals surface area contributed by atoms with E-state index in [9.17, 15) is 14.4 Å². The van der Waals surface area contributed by atoms with Gasteiger partial charge in [-0.15, -0.1) is 0 Å². The van der Waals surface area contributed by atoms with Crippen molar-refractivity contribution in [1.82, 2.24) is 4.90 Å². The molecule has 2 N–H and O–H groups in total. The van der Waals surface area contributed by atoms with Gasteiger partial charge in [-0.25, -0.2) is 0 Å². The largest absolute Gasteiger partial charge is 0.368 e. The molecule has 3 rings (SSSR count). The first kappa shape index (κ1) is 12.8. The summed E-state index contributed by atoms with van der Waals surface area (Å²) < 4.78 is 0. The topological polar surface area (TPSA) is 80.5 Å². The Morgan fingerprint density at radius 3 is 2.20 bits per heavy atom. The van der Waals surface area contributed by atoms with Crippen LogP contribution >= 0.6 is 0 Å². The van der Waals surface area contributed by atoms with Crippen LogP contribution in [0.4, 0.5) is 0 Å². The summed E-state index contributed by atoms with van der Waals surface area (Å²) in [7, 11) is 0. The summed E-state index contributed by atoms with van der Waals surface area (Å²) in [5, 5.41) is 0. The highest BCUT2D eigenvalue weighted by atomic mass is 16.2. The number of benzene rings is 1. The first-order valence-corrected chi connectivity index (χ1v) is 6.65. The van der Waals surface area contributed by atoms with E-state index in [4.69, 9.17) is 5.73 Å². The lowest BCUT2D eigenvalue weighted by Crippen LogP contribution is -2.53. The van der Waals surface area contributed by atoms with Crippen molar-refractivity contribution < 1.29 is 14.4 Å². The number of hydrogen-bond acceptors (Lipinski definition) is 3. The zero-order valence-electron chi connectivity index (χ0n) is 11.3. The Kier molecular flexibility index (Phi) is 2.51. The third-order valence-corrected chi connectivity index (χ3v) is 4.65. The maximum atomic E-state index is 12.0. The van der Waals surface area contributed by atoms with Crippen LogP contribution < -0.4 is 5.73 Å². The van der Waals surface area contributed by atoms with Crippen LogP contribution in [0.2, 0.25) is 0 Å². The summed E-state index contributed by atoms with van der Waals surface area (Å²) >= 11 is 0. The third kappa shape index (κ3) is 1.40. The number of rotatable bonds is 3. The van der Waals surface area contributed by atoms with E-state index in [1.807, 2.05) is 37.3 Å². The molecule has 20 heavy (non-hydrogen) atoms. The van der Waals surface area contributed by atoms with E-state index < -0.39 is 16.9 Å². The van der Waals surface area contributed by atoms with Crippen molar-refractivity contribution in [3.63, 3.8) is 0 Å². The van der Waals surface area contributed by atoms with Crippen LogP contribution in [0.3, 0.4) is 0 Å². The fraction of sp³-hybridized carbons (Fsp3) is 0.400. The summed E-state index contributed by atoms with van der Waals surface area (Å²) in [6, 6.07) is 9.43. The normalized spacial score (nSPS) is 32.5. The van der Waals surface area contributed by atoms with E-state index in [0.29, 0.717) is 6.42 Å². The molecule has 104 valence electrons. The number of carbonyl (C=O) groups excluding carboxylic acids is 3. The number of primary amides is 1. The lowest BCUT2D eigenvalue weighted by Gasteiger charge is -2.28. The Labute approximate surface area is 116 Å². The van der Waals surface area contributed by atoms with E-state index in [1.54, 1.807) is 0 Å². The molecular weight excluding hydrogens is 256 g/mol. The first-order chi connectivity index (χ1) is 9.43. The molecule has 5 nitrogen and oxygen atoms in total. The standard InChI is InChI=1S/C15H16N2O3/c1-14(10-5-3-2-4-6-10)9-15(14,13(16)20)17-11(18)7-8-12(17)19/h2-6H,7-9H2,1H3,(H2,16,20)/t14-,15+/m0/s1. The van der Waals surface area contributed by atoms with Crippen molar-refractivity contribution in [3.05, 3.63) is 35.9 Å². The van der Waals surface area contributed by atoms with Crippen molar-refractivity contribution in [3.8, 4) is 0 Å². The maximum absolute atomic E-state index is 12.0. The number of amides is 3. The number of nitrogens with two attached hydrogens (primary N) is 1. The van der Waals surface area contributed by atoms with Crippen LogP contribution in [0.1, 0.15) is 31.7 Å². The molecule has 0 radical (unpaired) electrons. The maximum Gasteiger partial charge on any atom is 0.244 e. The highest BCUT2D eigenvalue weighted by Gasteiger charge is 2.75. The van der Waals surface area contributed by atoms with E-state index in [1.165, 1.54) is 0 Å². The van der Waals surface area contributed by atoms with E-state index in [-0.39, 0.29) is 24.7 Å². The molecule has 3 amide bonds. The smallest absolute Gasteiger partial charge is 0.244 e. The second-order valence-electron chi connectivity index (χ2n) is 5.72. The van der Waals surface area contributed by atoms with E-state index >= 15 is 0 Å². The van der Waals surface area contributed by atoms with Crippen LogP contribution in [0.5, 0.6) is 0 Å². The molecule has 1 heterocycles. The van der Waals surface area contributed by atoms with Crippen LogP contribution in [0.25, 0.3) is 0 Å². The van der Waals surface area contributed by atoms with Gasteiger partial charge in [0.05, 0.1) is 0 Å². The second-order valence-corrected chi connectivity index (χ2v) is 5.72. The van der Waals surface area contributed by atoms with Gasteiger partial charge in [0.25, 0.3) is 0 Å². The molecule has 5 heteroatoms. The molecule has 1 saturated heterocycles. The molecule has 1 aromatic rings. The van der Waals surface area contributed by atoms with E-state index in [0.717, 1.165) is 10.5 Å². The van der Waals surface area contributed by atoms with Crippen LogP contribution in [0, 0.1) is 0 Å². The van der Waals surface area contributed by atoms with Gasteiger partial charge in [-0.1, -0.05) is 37.3 Å². The molecular formula is C15H16N2O3. The van der Waals surface area contributed by atoms with Gasteiger partial charge in [0.1, 0.15) is 5.54 Å². The Balaban J connectivity index is 2.08. The number of likely N-dealkylation sites (tertiary alicyclic amines) is 1. The summed E-state index contributed by atoms with van der Waals surface area (Å²) in [5.41, 5.74) is 4.70. The SMILES string of the molecule is C[C@@]1(c2ccccc2)C[C@]1(C(N)=O)N1C(=O)CCC1=O. The molecule has 0 bridgehead atoms. The zero-order valence-corrected chi connectivity index (χ0v) is 11.3. The molecule has 1 aliphatic heterocycles. The molecule has 2 fully saturated rings. The molecule has 2 atom stereocenters. The van der Waals surface area contributed by atoms with Gasteiger partial charge in [0.2, 0.25) is 17.7 Å². The summed E-state index contributed by atoms with van der Waals surface area (Å²) in [6.07, 6.45) is 0.730. The zero-order chi connectivity index (χ0) is 14.5. The van der Waals surface area contributed by atoms with Crippen LogP contribution in [-0.2, 0) is 19.8 Å². The first-order valence-electron chi connectivity index (χ1n) is 6.65. The fourth-order valence-electron chi connectivity index (χ4n) is 3.41. The second kappa shape index (κ2) is 3.91. The minimum Gasteiger partial charge on any atom is -0.368 e. The van der Waals surface area contributed by atoms with Gasteiger partial charge < -0.3 is 5.73 Å². The van der Waals surface area contributed by atoms with Crippen LogP contribution in [0.15, 0.2) is 30.3 Å². The number of hydrogen-bond donors (Lipinski definition) is 1. The minimum absolute atomic E-state index is 0.165. The lowest BCUT2D eigenvalue weighted by atomic mass is 9.91. The highest BCUT2D eigenvalue weighted by Crippen LogP contribution is 2.61. The monoisotopic (exact) mass is 272 g/mol. The summed E-state index contributed by atoms with van der Waals surface area (Å²) in [6.45, 7) is 1.88. The number of carbonyl (C=O) groups is 3. The molecule has 1 saturated carbocycles. The molecule has 0 spiro atoms. The molecule has 1 aliphatic carbocycles. The van der Waals surface area contributed by atoms with Gasteiger partial charge in [-0.3, -0.25) is 19.3 Å². The van der Waals surface area contributed by atoms with Crippen molar-refractivity contribution in [2.24, 2.45) is 5.73 Å². The minimum atomic E-state index is -1.20. The third-order valence-electron chi connectivity index (χ3n) is 4.65.